The summed E-state index contributed by atoms with van der Waals surface area (Å²) < 4.78 is 0. The van der Waals surface area contributed by atoms with E-state index in [0.717, 1.165) is 32.1 Å². The maximum absolute atomic E-state index is 12.1. The largest absolute Gasteiger partial charge is 0.481 e. The monoisotopic (exact) mass is 253 g/mol. The first-order valence-electron chi connectivity index (χ1n) is 7.20. The van der Waals surface area contributed by atoms with Crippen molar-refractivity contribution < 1.29 is 14.7 Å². The van der Waals surface area contributed by atoms with E-state index >= 15 is 0 Å². The topological polar surface area (TPSA) is 66.4 Å². The van der Waals surface area contributed by atoms with Crippen LogP contribution in [0.15, 0.2) is 0 Å². The summed E-state index contributed by atoms with van der Waals surface area (Å²) >= 11 is 0. The van der Waals surface area contributed by atoms with Crippen LogP contribution < -0.4 is 5.32 Å². The van der Waals surface area contributed by atoms with E-state index < -0.39 is 5.97 Å². The van der Waals surface area contributed by atoms with Crippen molar-refractivity contribution in [2.75, 3.05) is 0 Å². The van der Waals surface area contributed by atoms with Gasteiger partial charge in [-0.05, 0) is 32.1 Å². The summed E-state index contributed by atoms with van der Waals surface area (Å²) in [7, 11) is 0. The molecule has 2 N–H and O–H groups in total. The molecule has 0 bridgehead atoms. The number of hydrogen-bond donors (Lipinski definition) is 2. The van der Waals surface area contributed by atoms with Crippen LogP contribution in [0.2, 0.25) is 0 Å². The van der Waals surface area contributed by atoms with Crippen LogP contribution >= 0.6 is 0 Å². The van der Waals surface area contributed by atoms with Crippen molar-refractivity contribution in [1.29, 1.82) is 0 Å². The molecular formula is C14H23NO3. The van der Waals surface area contributed by atoms with Crippen LogP contribution in [0, 0.1) is 11.8 Å². The lowest BCUT2D eigenvalue weighted by Crippen LogP contribution is -2.41. The van der Waals surface area contributed by atoms with Crippen LogP contribution in [-0.2, 0) is 9.59 Å². The van der Waals surface area contributed by atoms with Gasteiger partial charge in [-0.25, -0.2) is 0 Å². The molecule has 2 aliphatic carbocycles. The summed E-state index contributed by atoms with van der Waals surface area (Å²) in [5.41, 5.74) is 0. The van der Waals surface area contributed by atoms with E-state index in [9.17, 15) is 9.59 Å². The van der Waals surface area contributed by atoms with Crippen molar-refractivity contribution in [1.82, 2.24) is 5.32 Å². The molecule has 2 fully saturated rings. The summed E-state index contributed by atoms with van der Waals surface area (Å²) in [5.74, 6) is -1.05. The van der Waals surface area contributed by atoms with Gasteiger partial charge in [0.25, 0.3) is 0 Å². The van der Waals surface area contributed by atoms with Gasteiger partial charge >= 0.3 is 5.97 Å². The second kappa shape index (κ2) is 6.21. The highest BCUT2D eigenvalue weighted by molar-refractivity contribution is 5.80. The second-order valence-corrected chi connectivity index (χ2v) is 5.74. The zero-order valence-electron chi connectivity index (χ0n) is 10.9. The lowest BCUT2D eigenvalue weighted by molar-refractivity contribution is -0.144. The normalized spacial score (nSPS) is 29.8. The minimum atomic E-state index is -0.745. The van der Waals surface area contributed by atoms with E-state index in [0.29, 0.717) is 12.5 Å². The molecule has 102 valence electrons. The Kier molecular flexibility index (Phi) is 4.61. The predicted octanol–water partition coefficient (Wildman–Crippen LogP) is 2.33. The summed E-state index contributed by atoms with van der Waals surface area (Å²) in [4.78, 5) is 23.1. The summed E-state index contributed by atoms with van der Waals surface area (Å²) in [6, 6.07) is 0.330. The molecule has 2 aliphatic rings. The minimum Gasteiger partial charge on any atom is -0.481 e. The fourth-order valence-corrected chi connectivity index (χ4v) is 3.22. The third kappa shape index (κ3) is 3.47. The van der Waals surface area contributed by atoms with Crippen LogP contribution in [-0.4, -0.2) is 23.0 Å². The first-order chi connectivity index (χ1) is 8.66. The van der Waals surface area contributed by atoms with Crippen LogP contribution in [0.3, 0.4) is 0 Å². The molecule has 2 atom stereocenters. The van der Waals surface area contributed by atoms with E-state index in [2.05, 4.69) is 5.32 Å². The van der Waals surface area contributed by atoms with Gasteiger partial charge in [0.15, 0.2) is 0 Å². The zero-order valence-corrected chi connectivity index (χ0v) is 10.9. The van der Waals surface area contributed by atoms with Gasteiger partial charge in [0.2, 0.25) is 5.91 Å². The highest BCUT2D eigenvalue weighted by Crippen LogP contribution is 2.30. The Morgan fingerprint density at radius 3 is 2.22 bits per heavy atom. The zero-order chi connectivity index (χ0) is 13.0. The van der Waals surface area contributed by atoms with Crippen LogP contribution in [0.1, 0.15) is 57.8 Å². The van der Waals surface area contributed by atoms with E-state index in [1.165, 1.54) is 19.3 Å². The van der Waals surface area contributed by atoms with Crippen LogP contribution in [0.5, 0.6) is 0 Å². The quantitative estimate of drug-likeness (QED) is 0.811. The summed E-state index contributed by atoms with van der Waals surface area (Å²) in [5, 5.41) is 12.1. The number of hydrogen-bond acceptors (Lipinski definition) is 2. The Balaban J connectivity index is 1.82. The fourth-order valence-electron chi connectivity index (χ4n) is 3.22. The number of aliphatic carboxylic acids is 1. The number of nitrogens with one attached hydrogen (secondary N) is 1. The van der Waals surface area contributed by atoms with E-state index in [1.54, 1.807) is 0 Å². The third-order valence-corrected chi connectivity index (χ3v) is 4.35. The second-order valence-electron chi connectivity index (χ2n) is 5.74. The molecule has 4 nitrogen and oxygen atoms in total. The van der Waals surface area contributed by atoms with Crippen molar-refractivity contribution in [2.45, 2.75) is 63.8 Å². The smallest absolute Gasteiger partial charge is 0.306 e. The van der Waals surface area contributed by atoms with Gasteiger partial charge < -0.3 is 10.4 Å². The van der Waals surface area contributed by atoms with Gasteiger partial charge in [-0.2, -0.15) is 0 Å². The predicted molar refractivity (Wildman–Crippen MR) is 68.1 cm³/mol. The maximum atomic E-state index is 12.1. The molecule has 0 aromatic carbocycles. The number of amides is 1. The van der Waals surface area contributed by atoms with Crippen LogP contribution in [0.25, 0.3) is 0 Å². The summed E-state index contributed by atoms with van der Waals surface area (Å²) in [6.45, 7) is 0. The van der Waals surface area contributed by atoms with Crippen molar-refractivity contribution in [2.24, 2.45) is 11.8 Å². The minimum absolute atomic E-state index is 0.0817. The first kappa shape index (κ1) is 13.4. The highest BCUT2D eigenvalue weighted by Gasteiger charge is 2.31. The average Bonchev–Trinajstić information content (AvgIpc) is 2.40. The standard InChI is InChI=1S/C14H23NO3/c16-13(15-12-7-2-1-3-8-12)10-5-4-6-11(9-10)14(17)18/h10-12H,1-9H2,(H,15,16)(H,17,18)/t10-,11-/m1/s1. The van der Waals surface area contributed by atoms with E-state index in [1.807, 2.05) is 0 Å². The number of carboxylic acids is 1. The van der Waals surface area contributed by atoms with Gasteiger partial charge in [-0.15, -0.1) is 0 Å². The Hall–Kier alpha value is -1.06. The molecule has 0 aromatic heterocycles. The van der Waals surface area contributed by atoms with Gasteiger partial charge in [0, 0.05) is 12.0 Å². The molecule has 1 amide bonds. The Morgan fingerprint density at radius 2 is 1.56 bits per heavy atom. The van der Waals surface area contributed by atoms with Crippen LogP contribution in [0.4, 0.5) is 0 Å². The maximum Gasteiger partial charge on any atom is 0.306 e. The van der Waals surface area contributed by atoms with E-state index in [-0.39, 0.29) is 17.7 Å². The molecule has 0 heterocycles. The molecule has 2 saturated carbocycles. The van der Waals surface area contributed by atoms with Crippen molar-refractivity contribution in [3.8, 4) is 0 Å². The number of rotatable bonds is 3. The molecule has 0 unspecified atom stereocenters. The lowest BCUT2D eigenvalue weighted by atomic mass is 9.80. The molecule has 0 aliphatic heterocycles. The van der Waals surface area contributed by atoms with Gasteiger partial charge in [-0.3, -0.25) is 9.59 Å². The molecule has 0 aromatic rings. The Morgan fingerprint density at radius 1 is 0.889 bits per heavy atom. The Bertz CT molecular complexity index is 310. The SMILES string of the molecule is O=C(O)[C@@H]1CCC[C@@H](C(=O)NC2CCCCC2)C1. The molecule has 0 saturated heterocycles. The molecule has 18 heavy (non-hydrogen) atoms. The van der Waals surface area contributed by atoms with E-state index in [4.69, 9.17) is 5.11 Å². The van der Waals surface area contributed by atoms with Gasteiger partial charge in [0.05, 0.1) is 5.92 Å². The van der Waals surface area contributed by atoms with Gasteiger partial charge in [0.1, 0.15) is 0 Å². The van der Waals surface area contributed by atoms with Crippen molar-refractivity contribution in [3.63, 3.8) is 0 Å². The third-order valence-electron chi connectivity index (χ3n) is 4.35. The number of carbonyl (C=O) groups excluding carboxylic acids is 1. The molecule has 2 rings (SSSR count). The van der Waals surface area contributed by atoms with Gasteiger partial charge in [-0.1, -0.05) is 25.7 Å². The molecule has 0 spiro atoms. The molecule has 0 radical (unpaired) electrons. The fraction of sp³-hybridized carbons (Fsp3) is 0.857. The van der Waals surface area contributed by atoms with Crippen molar-refractivity contribution >= 4 is 11.9 Å². The average molecular weight is 253 g/mol. The lowest BCUT2D eigenvalue weighted by Gasteiger charge is -2.29. The molecular weight excluding hydrogens is 230 g/mol. The molecule has 4 heteroatoms. The van der Waals surface area contributed by atoms with Crippen molar-refractivity contribution in [3.05, 3.63) is 0 Å². The first-order valence-corrected chi connectivity index (χ1v) is 7.20. The summed E-state index contributed by atoms with van der Waals surface area (Å²) in [6.07, 6.45) is 8.80. The Labute approximate surface area is 108 Å². The highest BCUT2D eigenvalue weighted by atomic mass is 16.4. The number of carbonyl (C=O) groups is 2. The number of carboxylic acid groups (broad SMARTS) is 1.